The molecule has 0 heterocycles. The number of hydrogen-bond donors (Lipinski definition) is 2. The Balaban J connectivity index is 0. The molecule has 0 unspecified atom stereocenters. The number of aliphatic imine (C=N–C) groups is 1. The van der Waals surface area contributed by atoms with Crippen LogP contribution in [-0.2, 0) is 0 Å². The molecule has 0 aromatic rings. The molecule has 3 nitrogen and oxygen atoms in total. The molecule has 0 aromatic carbocycles. The number of rotatable bonds is 9. The number of halogens is 1. The number of nitrogens with zero attached hydrogens (tertiary/aromatic N) is 1. The van der Waals surface area contributed by atoms with Crippen LogP contribution in [0.2, 0.25) is 0 Å². The summed E-state index contributed by atoms with van der Waals surface area (Å²) in [5.74, 6) is 4.51. The average Bonchev–Trinajstić information content (AvgIpc) is 2.22. The molecule has 0 aliphatic rings. The molecule has 0 saturated heterocycles. The lowest BCUT2D eigenvalue weighted by Crippen LogP contribution is -2.33. The number of nitrogens with one attached hydrogen (secondary N) is 1. The third-order valence-electron chi connectivity index (χ3n) is 2.21. The van der Waals surface area contributed by atoms with Gasteiger partial charge in [0.25, 0.3) is 0 Å². The van der Waals surface area contributed by atoms with Crippen LogP contribution in [0.4, 0.5) is 0 Å². The van der Waals surface area contributed by atoms with E-state index < -0.39 is 0 Å². The molecular formula is C13H30IN3S. The summed E-state index contributed by atoms with van der Waals surface area (Å²) >= 11 is 2.00. The highest BCUT2D eigenvalue weighted by Crippen LogP contribution is 2.08. The first kappa shape index (κ1) is 20.7. The SMILES string of the molecule is CC(C)CCNC(N)=NCCCSCC(C)C.I. The summed E-state index contributed by atoms with van der Waals surface area (Å²) in [6.07, 6.45) is 2.25. The fourth-order valence-electron chi connectivity index (χ4n) is 1.23. The van der Waals surface area contributed by atoms with Crippen LogP contribution < -0.4 is 11.1 Å². The maximum atomic E-state index is 5.75. The summed E-state index contributed by atoms with van der Waals surface area (Å²) in [7, 11) is 0. The summed E-state index contributed by atoms with van der Waals surface area (Å²) in [6, 6.07) is 0. The molecule has 5 heteroatoms. The van der Waals surface area contributed by atoms with E-state index in [2.05, 4.69) is 38.0 Å². The van der Waals surface area contributed by atoms with Crippen LogP contribution in [0, 0.1) is 11.8 Å². The van der Waals surface area contributed by atoms with Gasteiger partial charge in [-0.05, 0) is 36.2 Å². The van der Waals surface area contributed by atoms with E-state index in [1.165, 1.54) is 11.5 Å². The molecule has 0 radical (unpaired) electrons. The Morgan fingerprint density at radius 1 is 1.22 bits per heavy atom. The zero-order valence-electron chi connectivity index (χ0n) is 12.2. The Morgan fingerprint density at radius 2 is 1.89 bits per heavy atom. The normalized spacial score (nSPS) is 11.8. The van der Waals surface area contributed by atoms with Crippen molar-refractivity contribution >= 4 is 41.7 Å². The molecule has 3 N–H and O–H groups in total. The van der Waals surface area contributed by atoms with Gasteiger partial charge in [-0.2, -0.15) is 11.8 Å². The van der Waals surface area contributed by atoms with Crippen LogP contribution >= 0.6 is 35.7 Å². The smallest absolute Gasteiger partial charge is 0.188 e. The van der Waals surface area contributed by atoms with Gasteiger partial charge in [0, 0.05) is 13.1 Å². The van der Waals surface area contributed by atoms with E-state index in [9.17, 15) is 0 Å². The van der Waals surface area contributed by atoms with Crippen LogP contribution in [-0.4, -0.2) is 30.6 Å². The van der Waals surface area contributed by atoms with Crippen molar-refractivity contribution in [3.8, 4) is 0 Å². The van der Waals surface area contributed by atoms with Crippen LogP contribution in [0.3, 0.4) is 0 Å². The van der Waals surface area contributed by atoms with Gasteiger partial charge >= 0.3 is 0 Å². The average molecular weight is 387 g/mol. The van der Waals surface area contributed by atoms with E-state index in [0.29, 0.717) is 11.9 Å². The largest absolute Gasteiger partial charge is 0.370 e. The lowest BCUT2D eigenvalue weighted by molar-refractivity contribution is 0.576. The van der Waals surface area contributed by atoms with Crippen LogP contribution in [0.15, 0.2) is 4.99 Å². The molecule has 110 valence electrons. The lowest BCUT2D eigenvalue weighted by atomic mass is 10.1. The van der Waals surface area contributed by atoms with Gasteiger partial charge in [0.2, 0.25) is 0 Å². The minimum Gasteiger partial charge on any atom is -0.370 e. The Morgan fingerprint density at radius 3 is 2.44 bits per heavy atom. The Kier molecular flexibility index (Phi) is 15.8. The van der Waals surface area contributed by atoms with Crippen molar-refractivity contribution in [2.45, 2.75) is 40.5 Å². The molecule has 0 aromatic heterocycles. The van der Waals surface area contributed by atoms with Crippen molar-refractivity contribution in [1.82, 2.24) is 5.32 Å². The second-order valence-corrected chi connectivity index (χ2v) is 6.35. The van der Waals surface area contributed by atoms with Crippen molar-refractivity contribution in [3.05, 3.63) is 0 Å². The van der Waals surface area contributed by atoms with Crippen LogP contribution in [0.5, 0.6) is 0 Å². The predicted molar refractivity (Wildman–Crippen MR) is 96.1 cm³/mol. The second-order valence-electron chi connectivity index (χ2n) is 5.20. The minimum absolute atomic E-state index is 0. The summed E-state index contributed by atoms with van der Waals surface area (Å²) < 4.78 is 0. The minimum atomic E-state index is 0. The van der Waals surface area contributed by atoms with E-state index >= 15 is 0 Å². The van der Waals surface area contributed by atoms with Crippen molar-refractivity contribution in [2.75, 3.05) is 24.6 Å². The Bertz CT molecular complexity index is 208. The van der Waals surface area contributed by atoms with E-state index in [-0.39, 0.29) is 24.0 Å². The first-order valence-corrected chi connectivity index (χ1v) is 7.79. The van der Waals surface area contributed by atoms with Gasteiger partial charge in [0.05, 0.1) is 0 Å². The predicted octanol–water partition coefficient (Wildman–Crippen LogP) is 3.33. The van der Waals surface area contributed by atoms with E-state index in [1.807, 2.05) is 11.8 Å². The number of hydrogen-bond acceptors (Lipinski definition) is 2. The standard InChI is InChI=1S/C13H29N3S.HI/c1-11(2)6-8-16-13(14)15-7-5-9-17-10-12(3)4;/h11-12H,5-10H2,1-4H3,(H3,14,15,16);1H. The monoisotopic (exact) mass is 387 g/mol. The Labute approximate surface area is 134 Å². The molecular weight excluding hydrogens is 357 g/mol. The maximum Gasteiger partial charge on any atom is 0.188 e. The van der Waals surface area contributed by atoms with Crippen molar-refractivity contribution in [1.29, 1.82) is 0 Å². The van der Waals surface area contributed by atoms with Gasteiger partial charge in [-0.15, -0.1) is 24.0 Å². The summed E-state index contributed by atoms with van der Waals surface area (Å²) in [5, 5.41) is 3.14. The second kappa shape index (κ2) is 13.8. The van der Waals surface area contributed by atoms with Crippen LogP contribution in [0.25, 0.3) is 0 Å². The molecule has 18 heavy (non-hydrogen) atoms. The molecule has 0 rings (SSSR count). The van der Waals surface area contributed by atoms with Crippen LogP contribution in [0.1, 0.15) is 40.5 Å². The fourth-order valence-corrected chi connectivity index (χ4v) is 2.20. The van der Waals surface area contributed by atoms with Gasteiger partial charge in [-0.25, -0.2) is 0 Å². The quantitative estimate of drug-likeness (QED) is 0.276. The van der Waals surface area contributed by atoms with Gasteiger partial charge in [-0.3, -0.25) is 4.99 Å². The van der Waals surface area contributed by atoms with E-state index in [4.69, 9.17) is 5.73 Å². The molecule has 0 aliphatic heterocycles. The third-order valence-corrected chi connectivity index (χ3v) is 3.69. The fraction of sp³-hybridized carbons (Fsp3) is 0.923. The summed E-state index contributed by atoms with van der Waals surface area (Å²) in [6.45, 7) is 10.7. The molecule has 0 saturated carbocycles. The molecule has 0 spiro atoms. The van der Waals surface area contributed by atoms with Gasteiger partial charge < -0.3 is 11.1 Å². The zero-order chi connectivity index (χ0) is 13.1. The highest BCUT2D eigenvalue weighted by Gasteiger charge is 1.96. The third kappa shape index (κ3) is 16.4. The lowest BCUT2D eigenvalue weighted by Gasteiger charge is -2.07. The maximum absolute atomic E-state index is 5.75. The number of thioether (sulfide) groups is 1. The molecule has 0 aliphatic carbocycles. The summed E-state index contributed by atoms with van der Waals surface area (Å²) in [4.78, 5) is 4.31. The van der Waals surface area contributed by atoms with Gasteiger partial charge in [-0.1, -0.05) is 27.7 Å². The van der Waals surface area contributed by atoms with Crippen molar-refractivity contribution < 1.29 is 0 Å². The zero-order valence-corrected chi connectivity index (χ0v) is 15.4. The molecule has 0 fully saturated rings. The highest BCUT2D eigenvalue weighted by atomic mass is 127. The molecule has 0 amide bonds. The number of guanidine groups is 1. The van der Waals surface area contributed by atoms with Crippen molar-refractivity contribution in [2.24, 2.45) is 22.6 Å². The number of nitrogens with two attached hydrogens (primary N) is 1. The summed E-state index contributed by atoms with van der Waals surface area (Å²) in [5.41, 5.74) is 5.75. The molecule has 0 bridgehead atoms. The molecule has 0 atom stereocenters. The van der Waals surface area contributed by atoms with Gasteiger partial charge in [0.15, 0.2) is 5.96 Å². The highest BCUT2D eigenvalue weighted by molar-refractivity contribution is 14.0. The topological polar surface area (TPSA) is 50.4 Å². The van der Waals surface area contributed by atoms with E-state index in [0.717, 1.165) is 31.8 Å². The van der Waals surface area contributed by atoms with Crippen molar-refractivity contribution in [3.63, 3.8) is 0 Å². The first-order chi connectivity index (χ1) is 8.02. The van der Waals surface area contributed by atoms with E-state index in [1.54, 1.807) is 0 Å². The Hall–Kier alpha value is 0.350. The van der Waals surface area contributed by atoms with Gasteiger partial charge in [0.1, 0.15) is 0 Å². The first-order valence-electron chi connectivity index (χ1n) is 6.64.